The number of carbonyl (C=O) groups is 3. The number of imide groups is 1. The third-order valence-electron chi connectivity index (χ3n) is 3.21. The number of hydrogen-bond acceptors (Lipinski definition) is 4. The number of rotatable bonds is 2. The Morgan fingerprint density at radius 2 is 2.24 bits per heavy atom. The second-order valence-corrected chi connectivity index (χ2v) is 4.06. The first kappa shape index (κ1) is 11.6. The summed E-state index contributed by atoms with van der Waals surface area (Å²) >= 11 is 0. The van der Waals surface area contributed by atoms with Crippen LogP contribution in [0.25, 0.3) is 0 Å². The van der Waals surface area contributed by atoms with Crippen molar-refractivity contribution >= 4 is 17.8 Å². The molecule has 90 valence electrons. The molecule has 2 unspecified atom stereocenters. The van der Waals surface area contributed by atoms with Gasteiger partial charge in [-0.1, -0.05) is 18.2 Å². The zero-order valence-corrected chi connectivity index (χ0v) is 9.65. The molecule has 1 aliphatic heterocycles. The molecule has 1 saturated heterocycles. The van der Waals surface area contributed by atoms with Crippen molar-refractivity contribution in [3.63, 3.8) is 0 Å². The van der Waals surface area contributed by atoms with Crippen LogP contribution in [-0.2, 0) is 19.1 Å². The summed E-state index contributed by atoms with van der Waals surface area (Å²) in [6.45, 7) is 3.49. The third kappa shape index (κ3) is 1.35. The maximum absolute atomic E-state index is 12.1. The van der Waals surface area contributed by atoms with Gasteiger partial charge in [0.15, 0.2) is 5.41 Å². The molecular formula is C12H13NO4. The van der Waals surface area contributed by atoms with Crippen molar-refractivity contribution in [3.8, 4) is 0 Å². The monoisotopic (exact) mass is 235 g/mol. The van der Waals surface area contributed by atoms with Crippen molar-refractivity contribution in [2.45, 2.75) is 13.8 Å². The molecule has 2 amide bonds. The summed E-state index contributed by atoms with van der Waals surface area (Å²) in [5.41, 5.74) is -0.964. The van der Waals surface area contributed by atoms with E-state index in [9.17, 15) is 14.4 Å². The molecule has 0 saturated carbocycles. The van der Waals surface area contributed by atoms with Gasteiger partial charge in [-0.25, -0.2) is 0 Å². The molecule has 0 aromatic heterocycles. The van der Waals surface area contributed by atoms with Crippen LogP contribution in [0.15, 0.2) is 23.8 Å². The maximum Gasteiger partial charge on any atom is 0.327 e. The fraction of sp³-hybridized carbons (Fsp3) is 0.417. The average Bonchev–Trinajstić information content (AvgIpc) is 2.53. The number of ether oxygens (including phenoxy) is 1. The summed E-state index contributed by atoms with van der Waals surface area (Å²) in [4.78, 5) is 35.7. The number of hydrogen-bond donors (Lipinski definition) is 1. The van der Waals surface area contributed by atoms with Gasteiger partial charge in [0.05, 0.1) is 12.5 Å². The van der Waals surface area contributed by atoms with E-state index in [2.05, 4.69) is 5.32 Å². The van der Waals surface area contributed by atoms with E-state index in [1.807, 2.05) is 0 Å². The van der Waals surface area contributed by atoms with E-state index in [1.165, 1.54) is 0 Å². The lowest BCUT2D eigenvalue weighted by molar-refractivity contribution is -0.158. The number of carbonyl (C=O) groups excluding carboxylic acids is 3. The summed E-state index contributed by atoms with van der Waals surface area (Å²) in [6.07, 6.45) is 4.89. The van der Waals surface area contributed by atoms with Crippen LogP contribution >= 0.6 is 0 Å². The molecule has 0 radical (unpaired) electrons. The normalized spacial score (nSPS) is 30.7. The van der Waals surface area contributed by atoms with Crippen LogP contribution in [0.3, 0.4) is 0 Å². The zero-order valence-electron chi connectivity index (χ0n) is 9.65. The third-order valence-corrected chi connectivity index (χ3v) is 3.21. The Balaban J connectivity index is 2.54. The Labute approximate surface area is 98.5 Å². The van der Waals surface area contributed by atoms with Gasteiger partial charge >= 0.3 is 5.97 Å². The van der Waals surface area contributed by atoms with Crippen LogP contribution in [0.4, 0.5) is 0 Å². The molecule has 5 nitrogen and oxygen atoms in total. The van der Waals surface area contributed by atoms with Crippen molar-refractivity contribution in [1.29, 1.82) is 0 Å². The highest BCUT2D eigenvalue weighted by molar-refractivity contribution is 6.20. The molecule has 0 aromatic carbocycles. The lowest BCUT2D eigenvalue weighted by Crippen LogP contribution is -2.45. The Morgan fingerprint density at radius 3 is 2.88 bits per heavy atom. The van der Waals surface area contributed by atoms with Crippen LogP contribution in [0, 0.1) is 11.3 Å². The van der Waals surface area contributed by atoms with E-state index in [1.54, 1.807) is 32.1 Å². The first-order chi connectivity index (χ1) is 8.05. The molecule has 5 heteroatoms. The van der Waals surface area contributed by atoms with Gasteiger partial charge in [0.2, 0.25) is 11.8 Å². The number of fused-ring (bicyclic) bond motifs is 1. The van der Waals surface area contributed by atoms with Gasteiger partial charge in [-0.3, -0.25) is 19.7 Å². The second-order valence-electron chi connectivity index (χ2n) is 4.06. The molecular weight excluding hydrogens is 222 g/mol. The quantitative estimate of drug-likeness (QED) is 0.425. The molecule has 1 fully saturated rings. The van der Waals surface area contributed by atoms with Gasteiger partial charge in [-0.2, -0.15) is 0 Å². The topological polar surface area (TPSA) is 72.5 Å². The van der Waals surface area contributed by atoms with Crippen molar-refractivity contribution < 1.29 is 19.1 Å². The summed E-state index contributed by atoms with van der Waals surface area (Å²) in [7, 11) is 0. The highest BCUT2D eigenvalue weighted by Gasteiger charge is 2.62. The molecule has 1 aliphatic carbocycles. The fourth-order valence-electron chi connectivity index (χ4n) is 2.35. The van der Waals surface area contributed by atoms with Gasteiger partial charge in [0.1, 0.15) is 0 Å². The molecule has 17 heavy (non-hydrogen) atoms. The lowest BCUT2D eigenvalue weighted by atomic mass is 9.69. The average molecular weight is 235 g/mol. The minimum absolute atomic E-state index is 0.172. The van der Waals surface area contributed by atoms with E-state index in [0.29, 0.717) is 5.57 Å². The van der Waals surface area contributed by atoms with Crippen LogP contribution in [-0.4, -0.2) is 24.4 Å². The summed E-state index contributed by atoms with van der Waals surface area (Å²) < 4.78 is 4.95. The Hall–Kier alpha value is -1.91. The lowest BCUT2D eigenvalue weighted by Gasteiger charge is -2.30. The SMILES string of the molecule is CCOC(=O)C12C(=O)NC(=O)C1C=CC=C2C. The molecule has 0 spiro atoms. The predicted molar refractivity (Wildman–Crippen MR) is 58.6 cm³/mol. The van der Waals surface area contributed by atoms with Crippen LogP contribution in [0.5, 0.6) is 0 Å². The fourth-order valence-corrected chi connectivity index (χ4v) is 2.35. The molecule has 1 N–H and O–H groups in total. The molecule has 2 aliphatic rings. The Bertz CT molecular complexity index is 463. The molecule has 0 bridgehead atoms. The standard InChI is InChI=1S/C12H13NO4/c1-3-17-11(16)12-7(2)5-4-6-8(12)9(14)13-10(12)15/h4-6,8H,3H2,1-2H3,(H,13,14,15). The Kier molecular flexibility index (Phi) is 2.61. The number of esters is 1. The van der Waals surface area contributed by atoms with Gasteiger partial charge in [0, 0.05) is 0 Å². The van der Waals surface area contributed by atoms with Crippen LogP contribution in [0.2, 0.25) is 0 Å². The molecule has 2 atom stereocenters. The minimum atomic E-state index is -1.50. The van der Waals surface area contributed by atoms with Crippen LogP contribution < -0.4 is 5.32 Å². The van der Waals surface area contributed by atoms with E-state index in [0.717, 1.165) is 0 Å². The van der Waals surface area contributed by atoms with Crippen molar-refractivity contribution in [2.75, 3.05) is 6.61 Å². The first-order valence-electron chi connectivity index (χ1n) is 5.43. The Morgan fingerprint density at radius 1 is 1.53 bits per heavy atom. The number of nitrogens with one attached hydrogen (secondary N) is 1. The zero-order chi connectivity index (χ0) is 12.6. The van der Waals surface area contributed by atoms with Gasteiger partial charge in [-0.15, -0.1) is 0 Å². The van der Waals surface area contributed by atoms with E-state index < -0.39 is 29.1 Å². The number of amides is 2. The van der Waals surface area contributed by atoms with Crippen molar-refractivity contribution in [3.05, 3.63) is 23.8 Å². The highest BCUT2D eigenvalue weighted by Crippen LogP contribution is 2.44. The maximum atomic E-state index is 12.1. The summed E-state index contributed by atoms with van der Waals surface area (Å²) in [5, 5.41) is 2.20. The van der Waals surface area contributed by atoms with E-state index >= 15 is 0 Å². The second kappa shape index (κ2) is 3.84. The first-order valence-corrected chi connectivity index (χ1v) is 5.43. The van der Waals surface area contributed by atoms with Crippen LogP contribution in [0.1, 0.15) is 13.8 Å². The van der Waals surface area contributed by atoms with Crippen molar-refractivity contribution in [1.82, 2.24) is 5.32 Å². The van der Waals surface area contributed by atoms with Crippen molar-refractivity contribution in [2.24, 2.45) is 11.3 Å². The molecule has 1 heterocycles. The highest BCUT2D eigenvalue weighted by atomic mass is 16.5. The van der Waals surface area contributed by atoms with Gasteiger partial charge in [0.25, 0.3) is 0 Å². The largest absolute Gasteiger partial charge is 0.465 e. The summed E-state index contributed by atoms with van der Waals surface area (Å²) in [6, 6.07) is 0. The smallest absolute Gasteiger partial charge is 0.327 e. The molecule has 0 aromatic rings. The van der Waals surface area contributed by atoms with Gasteiger partial charge in [-0.05, 0) is 19.4 Å². The minimum Gasteiger partial charge on any atom is -0.465 e. The predicted octanol–water partition coefficient (Wildman–Crippen LogP) is 0.325. The van der Waals surface area contributed by atoms with E-state index in [4.69, 9.17) is 4.74 Å². The number of allylic oxidation sites excluding steroid dienone is 2. The summed E-state index contributed by atoms with van der Waals surface area (Å²) in [5.74, 6) is -2.50. The van der Waals surface area contributed by atoms with Gasteiger partial charge < -0.3 is 4.74 Å². The molecule has 2 rings (SSSR count). The van der Waals surface area contributed by atoms with E-state index in [-0.39, 0.29) is 6.61 Å².